The van der Waals surface area contributed by atoms with Crippen molar-refractivity contribution >= 4 is 34.6 Å². The van der Waals surface area contributed by atoms with E-state index in [1.54, 1.807) is 24.3 Å². The zero-order valence-corrected chi connectivity index (χ0v) is 10.4. The second kappa shape index (κ2) is 5.56. The fourth-order valence-corrected chi connectivity index (χ4v) is 1.69. The third kappa shape index (κ3) is 3.02. The predicted octanol–water partition coefficient (Wildman–Crippen LogP) is 3.40. The molecule has 0 atom stereocenters. The van der Waals surface area contributed by atoms with Gasteiger partial charge < -0.3 is 9.73 Å². The monoisotopic (exact) mass is 261 g/mol. The van der Waals surface area contributed by atoms with Gasteiger partial charge in [-0.05, 0) is 30.3 Å². The Morgan fingerprint density at radius 3 is 3.06 bits per heavy atom. The molecule has 0 unspecified atom stereocenters. The van der Waals surface area contributed by atoms with Crippen molar-refractivity contribution in [2.24, 2.45) is 0 Å². The Hall–Kier alpha value is -2.00. The van der Waals surface area contributed by atoms with Gasteiger partial charge in [-0.3, -0.25) is 4.79 Å². The second-order valence-corrected chi connectivity index (χ2v) is 4.13. The third-order valence-corrected chi connectivity index (χ3v) is 2.55. The van der Waals surface area contributed by atoms with Crippen LogP contribution in [-0.4, -0.2) is 12.5 Å². The van der Waals surface area contributed by atoms with Crippen molar-refractivity contribution in [1.82, 2.24) is 5.32 Å². The molecule has 0 spiro atoms. The van der Waals surface area contributed by atoms with Crippen LogP contribution < -0.4 is 5.32 Å². The van der Waals surface area contributed by atoms with Crippen molar-refractivity contribution < 1.29 is 9.21 Å². The van der Waals surface area contributed by atoms with Crippen molar-refractivity contribution in [3.05, 3.63) is 53.8 Å². The first kappa shape index (κ1) is 12.5. The SMILES string of the molecule is C=CCNC(=O)C=Cc1cc2cc(Cl)ccc2o1. The van der Waals surface area contributed by atoms with Crippen LogP contribution in [-0.2, 0) is 4.79 Å². The van der Waals surface area contributed by atoms with E-state index in [0.29, 0.717) is 17.3 Å². The van der Waals surface area contributed by atoms with Gasteiger partial charge in [-0.15, -0.1) is 6.58 Å². The van der Waals surface area contributed by atoms with Crippen LogP contribution in [0.2, 0.25) is 5.02 Å². The highest BCUT2D eigenvalue weighted by Crippen LogP contribution is 2.23. The molecule has 1 aromatic carbocycles. The number of rotatable bonds is 4. The Kier molecular flexibility index (Phi) is 3.85. The van der Waals surface area contributed by atoms with Crippen molar-refractivity contribution in [2.75, 3.05) is 6.54 Å². The first-order valence-electron chi connectivity index (χ1n) is 5.45. The number of halogens is 1. The van der Waals surface area contributed by atoms with E-state index in [1.807, 2.05) is 12.1 Å². The number of hydrogen-bond donors (Lipinski definition) is 1. The quantitative estimate of drug-likeness (QED) is 0.677. The summed E-state index contributed by atoms with van der Waals surface area (Å²) >= 11 is 5.88. The van der Waals surface area contributed by atoms with Crippen molar-refractivity contribution in [1.29, 1.82) is 0 Å². The summed E-state index contributed by atoms with van der Waals surface area (Å²) in [4.78, 5) is 11.3. The molecule has 2 rings (SSSR count). The summed E-state index contributed by atoms with van der Waals surface area (Å²) in [6.07, 6.45) is 4.66. The maximum absolute atomic E-state index is 11.3. The van der Waals surface area contributed by atoms with Gasteiger partial charge in [-0.2, -0.15) is 0 Å². The Labute approximate surface area is 110 Å². The van der Waals surface area contributed by atoms with Crippen LogP contribution in [0.3, 0.4) is 0 Å². The van der Waals surface area contributed by atoms with E-state index in [4.69, 9.17) is 16.0 Å². The molecule has 0 aliphatic heterocycles. The fraction of sp³-hybridized carbons (Fsp3) is 0.0714. The van der Waals surface area contributed by atoms with E-state index in [1.165, 1.54) is 6.08 Å². The zero-order chi connectivity index (χ0) is 13.0. The maximum atomic E-state index is 11.3. The molecule has 1 heterocycles. The van der Waals surface area contributed by atoms with Gasteiger partial charge in [0.05, 0.1) is 0 Å². The van der Waals surface area contributed by atoms with Crippen LogP contribution in [0.15, 0.2) is 47.4 Å². The molecule has 2 aromatic rings. The van der Waals surface area contributed by atoms with Crippen LogP contribution in [0, 0.1) is 0 Å². The van der Waals surface area contributed by atoms with Gasteiger partial charge in [0, 0.05) is 23.0 Å². The van der Waals surface area contributed by atoms with Crippen molar-refractivity contribution in [3.63, 3.8) is 0 Å². The average molecular weight is 262 g/mol. The van der Waals surface area contributed by atoms with E-state index in [2.05, 4.69) is 11.9 Å². The number of benzene rings is 1. The Morgan fingerprint density at radius 1 is 1.44 bits per heavy atom. The van der Waals surface area contributed by atoms with Gasteiger partial charge in [-0.1, -0.05) is 17.7 Å². The summed E-state index contributed by atoms with van der Waals surface area (Å²) in [5, 5.41) is 4.20. The molecule has 0 aliphatic rings. The van der Waals surface area contributed by atoms with E-state index >= 15 is 0 Å². The number of nitrogens with one attached hydrogen (secondary N) is 1. The summed E-state index contributed by atoms with van der Waals surface area (Å²) in [7, 11) is 0. The minimum atomic E-state index is -0.187. The number of carbonyl (C=O) groups is 1. The van der Waals surface area contributed by atoms with Gasteiger partial charge in [-0.25, -0.2) is 0 Å². The lowest BCUT2D eigenvalue weighted by Crippen LogP contribution is -2.20. The summed E-state index contributed by atoms with van der Waals surface area (Å²) in [6.45, 7) is 3.96. The Balaban J connectivity index is 2.14. The van der Waals surface area contributed by atoms with E-state index in [-0.39, 0.29) is 5.91 Å². The fourth-order valence-electron chi connectivity index (χ4n) is 1.51. The highest BCUT2D eigenvalue weighted by atomic mass is 35.5. The maximum Gasteiger partial charge on any atom is 0.244 e. The largest absolute Gasteiger partial charge is 0.457 e. The molecular weight excluding hydrogens is 250 g/mol. The summed E-state index contributed by atoms with van der Waals surface area (Å²) in [6, 6.07) is 7.21. The Bertz CT molecular complexity index is 613. The molecule has 0 bridgehead atoms. The van der Waals surface area contributed by atoms with E-state index in [9.17, 15) is 4.79 Å². The molecular formula is C14H12ClNO2. The Morgan fingerprint density at radius 2 is 2.28 bits per heavy atom. The highest BCUT2D eigenvalue weighted by Gasteiger charge is 2.02. The zero-order valence-electron chi connectivity index (χ0n) is 9.65. The minimum Gasteiger partial charge on any atom is -0.457 e. The molecule has 3 nitrogen and oxygen atoms in total. The lowest BCUT2D eigenvalue weighted by Gasteiger charge is -1.93. The highest BCUT2D eigenvalue weighted by molar-refractivity contribution is 6.31. The van der Waals surface area contributed by atoms with Crippen LogP contribution in [0.5, 0.6) is 0 Å². The predicted molar refractivity (Wildman–Crippen MR) is 73.5 cm³/mol. The first-order valence-corrected chi connectivity index (χ1v) is 5.83. The normalized spacial score (nSPS) is 10.9. The molecule has 0 radical (unpaired) electrons. The van der Waals surface area contributed by atoms with Gasteiger partial charge >= 0.3 is 0 Å². The average Bonchev–Trinajstić information content (AvgIpc) is 2.75. The van der Waals surface area contributed by atoms with Crippen LogP contribution in [0.4, 0.5) is 0 Å². The van der Waals surface area contributed by atoms with Gasteiger partial charge in [0.25, 0.3) is 0 Å². The number of furan rings is 1. The molecule has 0 saturated carbocycles. The standard InChI is InChI=1S/C14H12ClNO2/c1-2-7-16-14(17)6-4-12-9-10-8-11(15)3-5-13(10)18-12/h2-6,8-9H,1,7H2,(H,16,17). The van der Waals surface area contributed by atoms with Gasteiger partial charge in [0.15, 0.2) is 0 Å². The van der Waals surface area contributed by atoms with Crippen LogP contribution in [0.25, 0.3) is 17.0 Å². The van der Waals surface area contributed by atoms with E-state index < -0.39 is 0 Å². The number of hydrogen-bond acceptors (Lipinski definition) is 2. The molecule has 0 fully saturated rings. The van der Waals surface area contributed by atoms with E-state index in [0.717, 1.165) is 11.0 Å². The minimum absolute atomic E-state index is 0.187. The van der Waals surface area contributed by atoms with Gasteiger partial charge in [0.1, 0.15) is 11.3 Å². The molecule has 0 saturated heterocycles. The number of fused-ring (bicyclic) bond motifs is 1. The van der Waals surface area contributed by atoms with Crippen molar-refractivity contribution in [2.45, 2.75) is 0 Å². The second-order valence-electron chi connectivity index (χ2n) is 3.70. The molecule has 92 valence electrons. The third-order valence-electron chi connectivity index (χ3n) is 2.32. The molecule has 1 N–H and O–H groups in total. The molecule has 1 amide bonds. The molecule has 0 aliphatic carbocycles. The van der Waals surface area contributed by atoms with Crippen molar-refractivity contribution in [3.8, 4) is 0 Å². The molecule has 4 heteroatoms. The summed E-state index contributed by atoms with van der Waals surface area (Å²) < 4.78 is 5.53. The molecule has 18 heavy (non-hydrogen) atoms. The van der Waals surface area contributed by atoms with Crippen LogP contribution in [0.1, 0.15) is 5.76 Å². The number of amides is 1. The topological polar surface area (TPSA) is 42.2 Å². The lowest BCUT2D eigenvalue weighted by molar-refractivity contribution is -0.116. The first-order chi connectivity index (χ1) is 8.69. The molecule has 1 aromatic heterocycles. The smallest absolute Gasteiger partial charge is 0.244 e. The van der Waals surface area contributed by atoms with Gasteiger partial charge in [0.2, 0.25) is 5.91 Å². The number of carbonyl (C=O) groups excluding carboxylic acids is 1. The lowest BCUT2D eigenvalue weighted by atomic mass is 10.2. The summed E-state index contributed by atoms with van der Waals surface area (Å²) in [5.41, 5.74) is 0.741. The van der Waals surface area contributed by atoms with Crippen LogP contribution >= 0.6 is 11.6 Å². The summed E-state index contributed by atoms with van der Waals surface area (Å²) in [5.74, 6) is 0.425.